The molecule has 122 valence electrons. The Kier molecular flexibility index (Phi) is 5.83. The van der Waals surface area contributed by atoms with E-state index in [2.05, 4.69) is 0 Å². The predicted octanol–water partition coefficient (Wildman–Crippen LogP) is 1.73. The summed E-state index contributed by atoms with van der Waals surface area (Å²) in [4.78, 5) is 13.9. The first kappa shape index (κ1) is 17.2. The van der Waals surface area contributed by atoms with Crippen LogP contribution in [0, 0.1) is 5.92 Å². The number of nitrogens with zero attached hydrogens (tertiary/aromatic N) is 1. The highest BCUT2D eigenvalue weighted by molar-refractivity contribution is 7.91. The van der Waals surface area contributed by atoms with E-state index in [4.69, 9.17) is 11.6 Å². The minimum absolute atomic E-state index is 0.0572. The second kappa shape index (κ2) is 7.44. The van der Waals surface area contributed by atoms with Gasteiger partial charge in [-0.25, -0.2) is 8.42 Å². The fourth-order valence-corrected chi connectivity index (χ4v) is 4.43. The summed E-state index contributed by atoms with van der Waals surface area (Å²) in [6.45, 7) is 1.19. The summed E-state index contributed by atoms with van der Waals surface area (Å²) in [5.41, 5.74) is 0. The maximum absolute atomic E-state index is 12.3. The maximum atomic E-state index is 12.3. The number of benzene rings is 1. The van der Waals surface area contributed by atoms with Gasteiger partial charge in [0.1, 0.15) is 0 Å². The first-order valence-corrected chi connectivity index (χ1v) is 9.33. The van der Waals surface area contributed by atoms with Crippen LogP contribution in [0.1, 0.15) is 19.3 Å². The summed E-state index contributed by atoms with van der Waals surface area (Å²) < 4.78 is 24.5. The summed E-state index contributed by atoms with van der Waals surface area (Å²) in [7, 11) is -3.57. The van der Waals surface area contributed by atoms with Crippen LogP contribution >= 0.6 is 11.6 Å². The molecular weight excluding hydrogens is 326 g/mol. The molecule has 1 amide bonds. The average Bonchev–Trinajstić information content (AvgIpc) is 2.53. The second-order valence-corrected chi connectivity index (χ2v) is 8.01. The number of hydrogen-bond acceptors (Lipinski definition) is 4. The Balaban J connectivity index is 1.97. The van der Waals surface area contributed by atoms with Crippen molar-refractivity contribution in [1.29, 1.82) is 0 Å². The van der Waals surface area contributed by atoms with Gasteiger partial charge in [0.25, 0.3) is 0 Å². The lowest BCUT2D eigenvalue weighted by molar-refractivity contribution is -0.132. The van der Waals surface area contributed by atoms with Gasteiger partial charge < -0.3 is 10.0 Å². The molecule has 1 unspecified atom stereocenters. The van der Waals surface area contributed by atoms with E-state index >= 15 is 0 Å². The minimum atomic E-state index is -3.57. The molecule has 0 aliphatic carbocycles. The molecular formula is C15H20ClNO4S. The largest absolute Gasteiger partial charge is 0.396 e. The number of aliphatic hydroxyl groups is 1. The predicted molar refractivity (Wildman–Crippen MR) is 84.5 cm³/mol. The molecule has 1 aliphatic rings. The Labute approximate surface area is 135 Å². The molecule has 1 aromatic carbocycles. The van der Waals surface area contributed by atoms with Crippen molar-refractivity contribution in [2.24, 2.45) is 5.92 Å². The smallest absolute Gasteiger partial charge is 0.223 e. The Bertz CT molecular complexity index is 632. The van der Waals surface area contributed by atoms with Crippen LogP contribution < -0.4 is 0 Å². The van der Waals surface area contributed by atoms with Crippen LogP contribution in [0.5, 0.6) is 0 Å². The molecule has 1 heterocycles. The van der Waals surface area contributed by atoms with Gasteiger partial charge in [-0.2, -0.15) is 0 Å². The van der Waals surface area contributed by atoms with Crippen molar-refractivity contribution in [1.82, 2.24) is 4.90 Å². The van der Waals surface area contributed by atoms with Gasteiger partial charge in [0.05, 0.1) is 15.7 Å². The summed E-state index contributed by atoms with van der Waals surface area (Å²) in [6, 6.07) is 6.24. The molecule has 1 N–H and O–H groups in total. The Morgan fingerprint density at radius 1 is 1.36 bits per heavy atom. The molecule has 5 nitrogen and oxygen atoms in total. The molecule has 0 radical (unpaired) electrons. The van der Waals surface area contributed by atoms with E-state index in [1.54, 1.807) is 17.0 Å². The van der Waals surface area contributed by atoms with E-state index < -0.39 is 9.84 Å². The van der Waals surface area contributed by atoms with Gasteiger partial charge >= 0.3 is 0 Å². The number of likely N-dealkylation sites (tertiary alicyclic amines) is 1. The van der Waals surface area contributed by atoms with Gasteiger partial charge in [0.15, 0.2) is 9.84 Å². The maximum Gasteiger partial charge on any atom is 0.223 e. The van der Waals surface area contributed by atoms with Crippen molar-refractivity contribution >= 4 is 27.3 Å². The number of rotatable bonds is 5. The number of aliphatic hydroxyl groups excluding tert-OH is 1. The summed E-state index contributed by atoms with van der Waals surface area (Å²) in [6.07, 6.45) is 1.68. The van der Waals surface area contributed by atoms with E-state index in [0.29, 0.717) is 13.1 Å². The Hall–Kier alpha value is -1.11. The number of carbonyl (C=O) groups is 1. The number of amides is 1. The highest BCUT2D eigenvalue weighted by Gasteiger charge is 2.25. The Morgan fingerprint density at radius 3 is 2.77 bits per heavy atom. The zero-order valence-electron chi connectivity index (χ0n) is 12.2. The Morgan fingerprint density at radius 2 is 2.09 bits per heavy atom. The third kappa shape index (κ3) is 4.21. The highest BCUT2D eigenvalue weighted by atomic mass is 35.5. The average molecular weight is 346 g/mol. The summed E-state index contributed by atoms with van der Waals surface area (Å²) in [5, 5.41) is 9.35. The van der Waals surface area contributed by atoms with Gasteiger partial charge in [0.2, 0.25) is 5.91 Å². The van der Waals surface area contributed by atoms with Crippen molar-refractivity contribution in [2.45, 2.75) is 24.2 Å². The molecule has 7 heteroatoms. The van der Waals surface area contributed by atoms with E-state index in [1.165, 1.54) is 12.1 Å². The second-order valence-electron chi connectivity index (χ2n) is 5.53. The van der Waals surface area contributed by atoms with E-state index in [1.807, 2.05) is 0 Å². The van der Waals surface area contributed by atoms with Crippen LogP contribution in [0.25, 0.3) is 0 Å². The SMILES string of the molecule is O=C(CCS(=O)(=O)c1ccccc1Cl)N1CCCC(CO)C1. The monoisotopic (exact) mass is 345 g/mol. The zero-order valence-corrected chi connectivity index (χ0v) is 13.8. The van der Waals surface area contributed by atoms with Gasteiger partial charge in [-0.3, -0.25) is 4.79 Å². The van der Waals surface area contributed by atoms with Crippen molar-refractivity contribution in [2.75, 3.05) is 25.4 Å². The van der Waals surface area contributed by atoms with Crippen molar-refractivity contribution in [3.05, 3.63) is 29.3 Å². The molecule has 1 aromatic rings. The van der Waals surface area contributed by atoms with E-state index in [9.17, 15) is 18.3 Å². The molecule has 1 fully saturated rings. The topological polar surface area (TPSA) is 74.7 Å². The quantitative estimate of drug-likeness (QED) is 0.882. The third-order valence-electron chi connectivity index (χ3n) is 3.89. The molecule has 0 spiro atoms. The number of piperidine rings is 1. The summed E-state index contributed by atoms with van der Waals surface area (Å²) >= 11 is 5.91. The first-order chi connectivity index (χ1) is 10.4. The van der Waals surface area contributed by atoms with Crippen molar-refractivity contribution in [3.8, 4) is 0 Å². The summed E-state index contributed by atoms with van der Waals surface area (Å²) in [5.74, 6) is -0.345. The molecule has 0 saturated carbocycles. The minimum Gasteiger partial charge on any atom is -0.396 e. The lowest BCUT2D eigenvalue weighted by atomic mass is 9.99. The fourth-order valence-electron chi connectivity index (χ4n) is 2.63. The van der Waals surface area contributed by atoms with Crippen molar-refractivity contribution < 1.29 is 18.3 Å². The normalized spacial score (nSPS) is 19.2. The molecule has 0 bridgehead atoms. The first-order valence-electron chi connectivity index (χ1n) is 7.30. The number of sulfone groups is 1. The fraction of sp³-hybridized carbons (Fsp3) is 0.533. The van der Waals surface area contributed by atoms with Gasteiger partial charge in [-0.15, -0.1) is 0 Å². The number of halogens is 1. The van der Waals surface area contributed by atoms with Crippen LogP contribution in [0.15, 0.2) is 29.2 Å². The van der Waals surface area contributed by atoms with Gasteiger partial charge in [-0.1, -0.05) is 23.7 Å². The molecule has 1 saturated heterocycles. The van der Waals surface area contributed by atoms with Gasteiger partial charge in [0, 0.05) is 26.1 Å². The number of hydrogen-bond donors (Lipinski definition) is 1. The zero-order chi connectivity index (χ0) is 16.2. The number of carbonyl (C=O) groups excluding carboxylic acids is 1. The van der Waals surface area contributed by atoms with Crippen LogP contribution in [-0.4, -0.2) is 49.8 Å². The van der Waals surface area contributed by atoms with E-state index in [0.717, 1.165) is 12.8 Å². The van der Waals surface area contributed by atoms with Gasteiger partial charge in [-0.05, 0) is 30.9 Å². The highest BCUT2D eigenvalue weighted by Crippen LogP contribution is 2.23. The molecule has 2 rings (SSSR count). The lowest BCUT2D eigenvalue weighted by Gasteiger charge is -2.31. The van der Waals surface area contributed by atoms with Crippen molar-refractivity contribution in [3.63, 3.8) is 0 Å². The van der Waals surface area contributed by atoms with Crippen LogP contribution in [0.4, 0.5) is 0 Å². The third-order valence-corrected chi connectivity index (χ3v) is 6.10. The van der Waals surface area contributed by atoms with Crippen LogP contribution in [-0.2, 0) is 14.6 Å². The van der Waals surface area contributed by atoms with Crippen LogP contribution in [0.2, 0.25) is 5.02 Å². The molecule has 22 heavy (non-hydrogen) atoms. The molecule has 0 aromatic heterocycles. The molecule has 1 aliphatic heterocycles. The van der Waals surface area contributed by atoms with E-state index in [-0.39, 0.29) is 40.5 Å². The standard InChI is InChI=1S/C15H20ClNO4S/c16-13-5-1-2-6-14(13)22(20,21)9-7-15(19)17-8-3-4-12(10-17)11-18/h1-2,5-6,12,18H,3-4,7-11H2. The van der Waals surface area contributed by atoms with Crippen LogP contribution in [0.3, 0.4) is 0 Å². The molecule has 1 atom stereocenters. The lowest BCUT2D eigenvalue weighted by Crippen LogP contribution is -2.41.